The quantitative estimate of drug-likeness (QED) is 0.774. The first kappa shape index (κ1) is 16.0. The van der Waals surface area contributed by atoms with E-state index in [4.69, 9.17) is 5.73 Å². The van der Waals surface area contributed by atoms with Gasteiger partial charge < -0.3 is 15.2 Å². The van der Waals surface area contributed by atoms with Crippen molar-refractivity contribution in [3.8, 4) is 0 Å². The Balaban J connectivity index is 1.55. The van der Waals surface area contributed by atoms with Crippen LogP contribution in [0.5, 0.6) is 0 Å². The van der Waals surface area contributed by atoms with E-state index in [1.54, 1.807) is 11.3 Å². The maximum atomic E-state index is 5.82. The van der Waals surface area contributed by atoms with Crippen molar-refractivity contribution in [1.29, 1.82) is 0 Å². The highest BCUT2D eigenvalue weighted by Crippen LogP contribution is 2.29. The number of aryl methyl sites for hydroxylation is 1. The van der Waals surface area contributed by atoms with E-state index in [1.165, 1.54) is 0 Å². The molecule has 8 heteroatoms. The van der Waals surface area contributed by atoms with Gasteiger partial charge in [-0.15, -0.1) is 11.3 Å². The van der Waals surface area contributed by atoms with E-state index in [-0.39, 0.29) is 0 Å². The molecule has 3 aromatic heterocycles. The number of imidazole rings is 1. The zero-order chi connectivity index (χ0) is 17.2. The van der Waals surface area contributed by atoms with Crippen molar-refractivity contribution in [2.75, 3.05) is 23.7 Å². The molecule has 4 rings (SSSR count). The van der Waals surface area contributed by atoms with Gasteiger partial charge in [0.25, 0.3) is 0 Å². The number of nitrogens with zero attached hydrogens (tertiary/aromatic N) is 6. The average molecular weight is 355 g/mol. The zero-order valence-electron chi connectivity index (χ0n) is 14.2. The standard InChI is InChI=1S/C17H21N7S/c1-12-7-15(22-17(18)21-12)23-5-2-3-13(8-23)16-19-4-6-24(16)9-14-10-25-11-20-14/h4,6-7,10-11,13H,2-3,5,8-9H2,1H3,(H2,18,21,22)/t13-/m0/s1. The largest absolute Gasteiger partial charge is 0.368 e. The van der Waals surface area contributed by atoms with Crippen LogP contribution in [-0.2, 0) is 6.54 Å². The van der Waals surface area contributed by atoms with E-state index >= 15 is 0 Å². The van der Waals surface area contributed by atoms with Gasteiger partial charge in [-0.2, -0.15) is 4.98 Å². The first-order valence-electron chi connectivity index (χ1n) is 8.43. The van der Waals surface area contributed by atoms with E-state index < -0.39 is 0 Å². The Morgan fingerprint density at radius 2 is 2.24 bits per heavy atom. The number of rotatable bonds is 4. The van der Waals surface area contributed by atoms with Gasteiger partial charge in [-0.05, 0) is 19.8 Å². The number of hydrogen-bond acceptors (Lipinski definition) is 7. The molecule has 130 valence electrons. The average Bonchev–Trinajstić information content (AvgIpc) is 3.26. The summed E-state index contributed by atoms with van der Waals surface area (Å²) in [5.74, 6) is 2.74. The van der Waals surface area contributed by atoms with Gasteiger partial charge in [0, 0.05) is 48.5 Å². The molecule has 4 heterocycles. The van der Waals surface area contributed by atoms with Crippen LogP contribution in [0.25, 0.3) is 0 Å². The minimum absolute atomic E-state index is 0.335. The second-order valence-electron chi connectivity index (χ2n) is 6.40. The topological polar surface area (TPSA) is 85.8 Å². The number of aromatic nitrogens is 5. The number of nitrogen functional groups attached to an aromatic ring is 1. The molecule has 3 aromatic rings. The van der Waals surface area contributed by atoms with Crippen LogP contribution in [-0.4, -0.2) is 37.6 Å². The summed E-state index contributed by atoms with van der Waals surface area (Å²) in [6.45, 7) is 4.60. The molecule has 0 aromatic carbocycles. The Bertz CT molecular complexity index is 822. The number of nitrogens with two attached hydrogens (primary N) is 1. The normalized spacial score (nSPS) is 17.8. The first-order valence-corrected chi connectivity index (χ1v) is 9.37. The smallest absolute Gasteiger partial charge is 0.222 e. The van der Waals surface area contributed by atoms with Gasteiger partial charge in [0.1, 0.15) is 11.6 Å². The highest BCUT2D eigenvalue weighted by molar-refractivity contribution is 7.07. The molecule has 0 spiro atoms. The van der Waals surface area contributed by atoms with Crippen molar-refractivity contribution in [3.63, 3.8) is 0 Å². The fourth-order valence-electron chi connectivity index (χ4n) is 3.44. The van der Waals surface area contributed by atoms with E-state index in [0.717, 1.165) is 55.5 Å². The molecule has 0 unspecified atom stereocenters. The lowest BCUT2D eigenvalue weighted by molar-refractivity contribution is 0.473. The van der Waals surface area contributed by atoms with Gasteiger partial charge in [-0.1, -0.05) is 0 Å². The van der Waals surface area contributed by atoms with Crippen LogP contribution in [0.4, 0.5) is 11.8 Å². The Hall–Kier alpha value is -2.48. The molecule has 0 aliphatic carbocycles. The Morgan fingerprint density at radius 1 is 1.32 bits per heavy atom. The monoisotopic (exact) mass is 355 g/mol. The van der Waals surface area contributed by atoms with Crippen LogP contribution in [0.1, 0.15) is 36.0 Å². The molecule has 25 heavy (non-hydrogen) atoms. The number of hydrogen-bond donors (Lipinski definition) is 1. The summed E-state index contributed by atoms with van der Waals surface area (Å²) in [6.07, 6.45) is 6.16. The number of anilines is 2. The van der Waals surface area contributed by atoms with E-state index in [0.29, 0.717) is 11.9 Å². The molecule has 0 amide bonds. The second kappa shape index (κ2) is 6.79. The number of piperidine rings is 1. The van der Waals surface area contributed by atoms with Crippen LogP contribution in [0.15, 0.2) is 29.4 Å². The molecule has 1 aliphatic heterocycles. The van der Waals surface area contributed by atoms with Gasteiger partial charge in [0.15, 0.2) is 0 Å². The van der Waals surface area contributed by atoms with Gasteiger partial charge in [0.05, 0.1) is 17.7 Å². The Morgan fingerprint density at radius 3 is 3.04 bits per heavy atom. The fourth-order valence-corrected chi connectivity index (χ4v) is 3.99. The lowest BCUT2D eigenvalue weighted by Crippen LogP contribution is -2.36. The summed E-state index contributed by atoms with van der Waals surface area (Å²) >= 11 is 1.62. The van der Waals surface area contributed by atoms with E-state index in [1.807, 2.05) is 30.9 Å². The van der Waals surface area contributed by atoms with Crippen molar-refractivity contribution >= 4 is 23.1 Å². The molecule has 1 fully saturated rings. The highest BCUT2D eigenvalue weighted by atomic mass is 32.1. The van der Waals surface area contributed by atoms with Crippen LogP contribution in [0.3, 0.4) is 0 Å². The molecule has 0 saturated carbocycles. The van der Waals surface area contributed by atoms with Crippen LogP contribution < -0.4 is 10.6 Å². The van der Waals surface area contributed by atoms with Crippen molar-refractivity contribution in [2.24, 2.45) is 0 Å². The van der Waals surface area contributed by atoms with Gasteiger partial charge in [-0.3, -0.25) is 0 Å². The van der Waals surface area contributed by atoms with Gasteiger partial charge in [0.2, 0.25) is 5.95 Å². The van der Waals surface area contributed by atoms with Gasteiger partial charge in [-0.25, -0.2) is 15.0 Å². The summed E-state index contributed by atoms with van der Waals surface area (Å²) in [4.78, 5) is 19.9. The summed E-state index contributed by atoms with van der Waals surface area (Å²) in [6, 6.07) is 2.00. The van der Waals surface area contributed by atoms with Gasteiger partial charge >= 0.3 is 0 Å². The highest BCUT2D eigenvalue weighted by Gasteiger charge is 2.26. The molecule has 7 nitrogen and oxygen atoms in total. The lowest BCUT2D eigenvalue weighted by atomic mass is 9.97. The minimum atomic E-state index is 0.335. The third-order valence-electron chi connectivity index (χ3n) is 4.53. The maximum absolute atomic E-state index is 5.82. The second-order valence-corrected chi connectivity index (χ2v) is 7.12. The van der Waals surface area contributed by atoms with E-state index in [9.17, 15) is 0 Å². The SMILES string of the molecule is Cc1cc(N2CCC[C@H](c3nccn3Cc3cscn3)C2)nc(N)n1. The Labute approximate surface area is 150 Å². The maximum Gasteiger partial charge on any atom is 0.222 e. The molecule has 1 saturated heterocycles. The summed E-state index contributed by atoms with van der Waals surface area (Å²) in [5.41, 5.74) is 9.67. The van der Waals surface area contributed by atoms with Crippen molar-refractivity contribution in [2.45, 2.75) is 32.2 Å². The summed E-state index contributed by atoms with van der Waals surface area (Å²) in [5, 5.41) is 2.09. The first-order chi connectivity index (χ1) is 12.2. The minimum Gasteiger partial charge on any atom is -0.368 e. The predicted molar refractivity (Wildman–Crippen MR) is 98.8 cm³/mol. The fraction of sp³-hybridized carbons (Fsp3) is 0.412. The van der Waals surface area contributed by atoms with E-state index in [2.05, 4.69) is 34.8 Å². The molecular weight excluding hydrogens is 334 g/mol. The lowest BCUT2D eigenvalue weighted by Gasteiger charge is -2.33. The van der Waals surface area contributed by atoms with Crippen LogP contribution >= 0.6 is 11.3 Å². The Kier molecular flexibility index (Phi) is 4.35. The number of thiazole rings is 1. The zero-order valence-corrected chi connectivity index (χ0v) is 15.0. The predicted octanol–water partition coefficient (Wildman–Crippen LogP) is 2.45. The molecule has 2 N–H and O–H groups in total. The third-order valence-corrected chi connectivity index (χ3v) is 5.17. The molecule has 1 atom stereocenters. The van der Waals surface area contributed by atoms with Crippen LogP contribution in [0, 0.1) is 6.92 Å². The molecular formula is C17H21N7S. The van der Waals surface area contributed by atoms with Crippen molar-refractivity contribution in [3.05, 3.63) is 46.6 Å². The molecule has 0 bridgehead atoms. The molecule has 0 radical (unpaired) electrons. The third kappa shape index (κ3) is 3.48. The summed E-state index contributed by atoms with van der Waals surface area (Å²) < 4.78 is 2.21. The van der Waals surface area contributed by atoms with Crippen molar-refractivity contribution in [1.82, 2.24) is 24.5 Å². The summed E-state index contributed by atoms with van der Waals surface area (Å²) in [7, 11) is 0. The van der Waals surface area contributed by atoms with Crippen LogP contribution in [0.2, 0.25) is 0 Å². The van der Waals surface area contributed by atoms with Crippen molar-refractivity contribution < 1.29 is 0 Å². The molecule has 1 aliphatic rings.